The third-order valence-corrected chi connectivity index (χ3v) is 4.69. The molecule has 2 aromatic carbocycles. The summed E-state index contributed by atoms with van der Waals surface area (Å²) in [5, 5.41) is 21.9. The van der Waals surface area contributed by atoms with Crippen molar-refractivity contribution in [3.05, 3.63) is 99.8 Å². The molecule has 4 rings (SSSR count). The molecular weight excluding hydrogens is 395 g/mol. The minimum absolute atomic E-state index is 0.00198. The standard InChI is InChI=1S/C21H13FN2O6/c22-13-6-8-14(9-7-13)23-18(16-5-2-10-30-16)17(20(26)21(23)27)19(25)12-3-1-4-15(11-12)24(28)29/h1-11,18,25H/b19-17-. The molecule has 1 amide bonds. The molecule has 0 bridgehead atoms. The number of carbonyl (C=O) groups is 2. The lowest BCUT2D eigenvalue weighted by atomic mass is 9.99. The summed E-state index contributed by atoms with van der Waals surface area (Å²) in [5.41, 5.74) is -0.364. The van der Waals surface area contributed by atoms with Gasteiger partial charge in [-0.05, 0) is 36.4 Å². The fraction of sp³-hybridized carbons (Fsp3) is 0.0476. The molecule has 30 heavy (non-hydrogen) atoms. The first kappa shape index (κ1) is 19.1. The van der Waals surface area contributed by atoms with E-state index in [0.29, 0.717) is 0 Å². The van der Waals surface area contributed by atoms with Crippen molar-refractivity contribution in [2.45, 2.75) is 6.04 Å². The number of hydrogen-bond acceptors (Lipinski definition) is 6. The van der Waals surface area contributed by atoms with Gasteiger partial charge in [0.05, 0.1) is 16.8 Å². The number of anilines is 1. The highest BCUT2D eigenvalue weighted by Crippen LogP contribution is 2.42. The van der Waals surface area contributed by atoms with Crippen LogP contribution in [0.15, 0.2) is 76.9 Å². The molecule has 0 radical (unpaired) electrons. The van der Waals surface area contributed by atoms with E-state index in [1.807, 2.05) is 0 Å². The molecule has 1 saturated heterocycles. The van der Waals surface area contributed by atoms with E-state index in [1.165, 1.54) is 42.7 Å². The van der Waals surface area contributed by atoms with Crippen molar-refractivity contribution in [1.29, 1.82) is 0 Å². The summed E-state index contributed by atoms with van der Waals surface area (Å²) in [5.74, 6) is -2.87. The van der Waals surface area contributed by atoms with Crippen molar-refractivity contribution >= 4 is 28.8 Å². The van der Waals surface area contributed by atoms with Crippen LogP contribution < -0.4 is 4.90 Å². The number of halogens is 1. The Hall–Kier alpha value is -4.27. The van der Waals surface area contributed by atoms with Gasteiger partial charge in [0.2, 0.25) is 0 Å². The number of Topliss-reactive ketones (excluding diaryl/α,β-unsaturated/α-hetero) is 1. The Bertz CT molecular complexity index is 1180. The average molecular weight is 408 g/mol. The minimum atomic E-state index is -1.13. The summed E-state index contributed by atoms with van der Waals surface area (Å²) >= 11 is 0. The number of benzene rings is 2. The topological polar surface area (TPSA) is 114 Å². The average Bonchev–Trinajstić information content (AvgIpc) is 3.36. The Balaban J connectivity index is 1.92. The van der Waals surface area contributed by atoms with Gasteiger partial charge in [0, 0.05) is 23.4 Å². The van der Waals surface area contributed by atoms with Crippen molar-refractivity contribution in [3.63, 3.8) is 0 Å². The number of hydrogen-bond donors (Lipinski definition) is 1. The Kier molecular flexibility index (Phi) is 4.63. The fourth-order valence-corrected chi connectivity index (χ4v) is 3.34. The van der Waals surface area contributed by atoms with Gasteiger partial charge in [0.1, 0.15) is 23.4 Å². The third-order valence-electron chi connectivity index (χ3n) is 4.69. The van der Waals surface area contributed by atoms with E-state index in [0.717, 1.165) is 23.1 Å². The van der Waals surface area contributed by atoms with Crippen LogP contribution >= 0.6 is 0 Å². The maximum atomic E-state index is 13.4. The van der Waals surface area contributed by atoms with Gasteiger partial charge in [0.25, 0.3) is 17.4 Å². The molecule has 1 aliphatic rings. The van der Waals surface area contributed by atoms with Gasteiger partial charge in [-0.2, -0.15) is 0 Å². The van der Waals surface area contributed by atoms with Gasteiger partial charge < -0.3 is 9.52 Å². The summed E-state index contributed by atoms with van der Waals surface area (Å²) in [6.07, 6.45) is 1.34. The van der Waals surface area contributed by atoms with Gasteiger partial charge in [-0.25, -0.2) is 4.39 Å². The van der Waals surface area contributed by atoms with Crippen LogP contribution in [0.4, 0.5) is 15.8 Å². The van der Waals surface area contributed by atoms with Gasteiger partial charge in [0.15, 0.2) is 0 Å². The number of furan rings is 1. The second kappa shape index (κ2) is 7.28. The monoisotopic (exact) mass is 408 g/mol. The predicted octanol–water partition coefficient (Wildman–Crippen LogP) is 3.95. The number of nitrogens with zero attached hydrogens (tertiary/aromatic N) is 2. The molecule has 1 unspecified atom stereocenters. The quantitative estimate of drug-likeness (QED) is 0.230. The van der Waals surface area contributed by atoms with Crippen LogP contribution in [0.5, 0.6) is 0 Å². The number of aliphatic hydroxyl groups excluding tert-OH is 1. The molecule has 150 valence electrons. The lowest BCUT2D eigenvalue weighted by Gasteiger charge is -2.23. The highest BCUT2D eigenvalue weighted by Gasteiger charge is 2.48. The van der Waals surface area contributed by atoms with Gasteiger partial charge in [-0.3, -0.25) is 24.6 Å². The Labute approximate surface area is 168 Å². The lowest BCUT2D eigenvalue weighted by Crippen LogP contribution is -2.29. The molecule has 8 nitrogen and oxygen atoms in total. The van der Waals surface area contributed by atoms with E-state index in [-0.39, 0.29) is 28.3 Å². The number of aliphatic hydroxyl groups is 1. The first-order chi connectivity index (χ1) is 14.4. The molecule has 1 fully saturated rings. The predicted molar refractivity (Wildman–Crippen MR) is 103 cm³/mol. The van der Waals surface area contributed by atoms with Crippen LogP contribution in [0.1, 0.15) is 17.4 Å². The Morgan fingerprint density at radius 3 is 2.47 bits per heavy atom. The highest BCUT2D eigenvalue weighted by atomic mass is 19.1. The summed E-state index contributed by atoms with van der Waals surface area (Å²) in [6.45, 7) is 0. The smallest absolute Gasteiger partial charge is 0.300 e. The van der Waals surface area contributed by atoms with Crippen LogP contribution in [0.3, 0.4) is 0 Å². The molecule has 0 spiro atoms. The normalized spacial score (nSPS) is 18.0. The summed E-state index contributed by atoms with van der Waals surface area (Å²) in [4.78, 5) is 37.1. The number of non-ortho nitro benzene ring substituents is 1. The van der Waals surface area contributed by atoms with Crippen LogP contribution in [-0.2, 0) is 9.59 Å². The maximum Gasteiger partial charge on any atom is 0.300 e. The van der Waals surface area contributed by atoms with Crippen LogP contribution in [0.25, 0.3) is 5.76 Å². The SMILES string of the molecule is O=C1C(=O)N(c2ccc(F)cc2)C(c2ccco2)/C1=C(/O)c1cccc([N+](=O)[O-])c1. The minimum Gasteiger partial charge on any atom is -0.507 e. The molecular formula is C21H13FN2O6. The number of carbonyl (C=O) groups excluding carboxylic acids is 2. The van der Waals surface area contributed by atoms with E-state index < -0.39 is 34.2 Å². The van der Waals surface area contributed by atoms with Crippen LogP contribution in [0.2, 0.25) is 0 Å². The van der Waals surface area contributed by atoms with Crippen molar-refractivity contribution in [2.75, 3.05) is 4.90 Å². The van der Waals surface area contributed by atoms with Crippen LogP contribution in [-0.4, -0.2) is 21.7 Å². The van der Waals surface area contributed by atoms with Gasteiger partial charge in [-0.15, -0.1) is 0 Å². The molecule has 0 saturated carbocycles. The van der Waals surface area contributed by atoms with E-state index in [4.69, 9.17) is 4.42 Å². The molecule has 1 aliphatic heterocycles. The van der Waals surface area contributed by atoms with Gasteiger partial charge in [-0.1, -0.05) is 12.1 Å². The second-order valence-electron chi connectivity index (χ2n) is 6.47. The molecule has 1 aromatic heterocycles. The zero-order chi connectivity index (χ0) is 21.4. The first-order valence-electron chi connectivity index (χ1n) is 8.73. The first-order valence-corrected chi connectivity index (χ1v) is 8.73. The second-order valence-corrected chi connectivity index (χ2v) is 6.47. The Morgan fingerprint density at radius 1 is 1.10 bits per heavy atom. The van der Waals surface area contributed by atoms with Gasteiger partial charge >= 0.3 is 0 Å². The molecule has 1 atom stereocenters. The van der Waals surface area contributed by atoms with Crippen molar-refractivity contribution < 1.29 is 28.4 Å². The molecule has 9 heteroatoms. The number of nitro groups is 1. The maximum absolute atomic E-state index is 13.4. The summed E-state index contributed by atoms with van der Waals surface area (Å²) < 4.78 is 18.7. The van der Waals surface area contributed by atoms with E-state index in [1.54, 1.807) is 6.07 Å². The third kappa shape index (κ3) is 3.12. The molecule has 0 aliphatic carbocycles. The number of amides is 1. The zero-order valence-electron chi connectivity index (χ0n) is 15.2. The van der Waals surface area contributed by atoms with Crippen LogP contribution in [0, 0.1) is 15.9 Å². The lowest BCUT2D eigenvalue weighted by molar-refractivity contribution is -0.384. The van der Waals surface area contributed by atoms with E-state index >= 15 is 0 Å². The van der Waals surface area contributed by atoms with Crippen molar-refractivity contribution in [2.24, 2.45) is 0 Å². The van der Waals surface area contributed by atoms with E-state index in [9.17, 15) is 29.2 Å². The number of rotatable bonds is 4. The number of ketones is 1. The summed E-state index contributed by atoms with van der Waals surface area (Å²) in [7, 11) is 0. The Morgan fingerprint density at radius 2 is 1.83 bits per heavy atom. The largest absolute Gasteiger partial charge is 0.507 e. The highest BCUT2D eigenvalue weighted by molar-refractivity contribution is 6.51. The van der Waals surface area contributed by atoms with Crippen molar-refractivity contribution in [1.82, 2.24) is 0 Å². The molecule has 3 aromatic rings. The number of nitro benzene ring substituents is 1. The zero-order valence-corrected chi connectivity index (χ0v) is 15.2. The molecule has 2 heterocycles. The summed E-state index contributed by atoms with van der Waals surface area (Å²) in [6, 6.07) is 11.9. The fourth-order valence-electron chi connectivity index (χ4n) is 3.34. The molecule has 1 N–H and O–H groups in total. The van der Waals surface area contributed by atoms with Crippen molar-refractivity contribution in [3.8, 4) is 0 Å². The van der Waals surface area contributed by atoms with E-state index in [2.05, 4.69) is 0 Å².